The van der Waals surface area contributed by atoms with Crippen LogP contribution >= 0.6 is 0 Å². The number of hydrogen-bond donors (Lipinski definition) is 3. The number of anilines is 3. The lowest BCUT2D eigenvalue weighted by atomic mass is 10.1. The standard InChI is InChI=1S/C26H29F3N6O5S/c1-25(2,3)40-24(37)34-41(38,39)33-21-15-18(7-10-30-21)31-23(36)19-13-16-5-6-17(27)14-20(16)32-22(19)35-11-4-8-26(28,29)9-12-35/h5-7,10,13-15H,4,8-9,11-12H2,1-3H3,(H,34,37)(H2,30,31,33,36). The maximum absolute atomic E-state index is 14.0. The normalized spacial score (nSPS) is 15.6. The summed E-state index contributed by atoms with van der Waals surface area (Å²) >= 11 is 0. The van der Waals surface area contributed by atoms with Crippen LogP contribution in [0.2, 0.25) is 0 Å². The molecule has 0 aliphatic carbocycles. The molecule has 3 heterocycles. The molecule has 15 heteroatoms. The molecule has 1 saturated heterocycles. The van der Waals surface area contributed by atoms with E-state index in [0.717, 1.165) is 0 Å². The number of nitrogens with one attached hydrogen (secondary N) is 3. The summed E-state index contributed by atoms with van der Waals surface area (Å²) in [7, 11) is -4.42. The molecule has 0 spiro atoms. The van der Waals surface area contributed by atoms with Crippen LogP contribution < -0.4 is 19.7 Å². The number of carbonyl (C=O) groups is 2. The molecule has 1 aliphatic rings. The average molecular weight is 595 g/mol. The minimum absolute atomic E-state index is 0.0554. The van der Waals surface area contributed by atoms with Gasteiger partial charge in [-0.3, -0.25) is 4.79 Å². The van der Waals surface area contributed by atoms with Gasteiger partial charge >= 0.3 is 16.3 Å². The number of amides is 2. The van der Waals surface area contributed by atoms with Crippen molar-refractivity contribution in [2.24, 2.45) is 0 Å². The summed E-state index contributed by atoms with van der Waals surface area (Å²) in [6.07, 6.45) is -0.534. The molecule has 11 nitrogen and oxygen atoms in total. The van der Waals surface area contributed by atoms with Crippen molar-refractivity contribution in [2.45, 2.75) is 51.6 Å². The first-order chi connectivity index (χ1) is 19.1. The van der Waals surface area contributed by atoms with Gasteiger partial charge in [0.15, 0.2) is 0 Å². The predicted molar refractivity (Wildman–Crippen MR) is 147 cm³/mol. The first kappa shape index (κ1) is 29.8. The third-order valence-electron chi connectivity index (χ3n) is 5.90. The van der Waals surface area contributed by atoms with E-state index < -0.39 is 46.0 Å². The summed E-state index contributed by atoms with van der Waals surface area (Å²) in [5, 5.41) is 3.08. The smallest absolute Gasteiger partial charge is 0.422 e. The van der Waals surface area contributed by atoms with Crippen molar-refractivity contribution < 1.29 is 35.9 Å². The number of rotatable bonds is 6. The zero-order valence-corrected chi connectivity index (χ0v) is 23.3. The minimum Gasteiger partial charge on any atom is -0.443 e. The molecule has 4 rings (SSSR count). The van der Waals surface area contributed by atoms with E-state index in [1.54, 1.807) is 30.4 Å². The maximum atomic E-state index is 14.0. The van der Waals surface area contributed by atoms with E-state index >= 15 is 0 Å². The molecule has 3 aromatic rings. The molecule has 0 saturated carbocycles. The molecule has 3 N–H and O–H groups in total. The first-order valence-electron chi connectivity index (χ1n) is 12.6. The van der Waals surface area contributed by atoms with E-state index in [9.17, 15) is 31.2 Å². The fraction of sp³-hybridized carbons (Fsp3) is 0.385. The van der Waals surface area contributed by atoms with Crippen LogP contribution in [0.5, 0.6) is 0 Å². The van der Waals surface area contributed by atoms with Crippen LogP contribution in [0, 0.1) is 5.82 Å². The highest BCUT2D eigenvalue weighted by Gasteiger charge is 2.33. The van der Waals surface area contributed by atoms with Crippen LogP contribution in [0.4, 0.5) is 35.3 Å². The average Bonchev–Trinajstić information content (AvgIpc) is 3.01. The van der Waals surface area contributed by atoms with Crippen LogP contribution in [0.3, 0.4) is 0 Å². The summed E-state index contributed by atoms with van der Waals surface area (Å²) < 4.78 is 75.4. The highest BCUT2D eigenvalue weighted by molar-refractivity contribution is 7.91. The summed E-state index contributed by atoms with van der Waals surface area (Å²) in [5.41, 5.74) is -0.487. The Morgan fingerprint density at radius 1 is 1.07 bits per heavy atom. The summed E-state index contributed by atoms with van der Waals surface area (Å²) in [5.74, 6) is -4.15. The van der Waals surface area contributed by atoms with Crippen molar-refractivity contribution in [3.05, 3.63) is 54.0 Å². The maximum Gasteiger partial charge on any atom is 0.422 e. The molecule has 2 amide bonds. The third kappa shape index (κ3) is 8.19. The van der Waals surface area contributed by atoms with E-state index in [2.05, 4.69) is 20.0 Å². The molecule has 220 valence electrons. The van der Waals surface area contributed by atoms with Gasteiger partial charge < -0.3 is 15.0 Å². The van der Waals surface area contributed by atoms with Crippen molar-refractivity contribution in [2.75, 3.05) is 28.0 Å². The summed E-state index contributed by atoms with van der Waals surface area (Å²) in [4.78, 5) is 35.2. The molecule has 0 unspecified atom stereocenters. The molecule has 1 aliphatic heterocycles. The zero-order valence-electron chi connectivity index (χ0n) is 22.5. The monoisotopic (exact) mass is 594 g/mol. The Bertz CT molecular complexity index is 1580. The Balaban J connectivity index is 1.58. The topological polar surface area (TPSA) is 143 Å². The van der Waals surface area contributed by atoms with E-state index in [1.165, 1.54) is 42.6 Å². The lowest BCUT2D eigenvalue weighted by Gasteiger charge is -2.24. The number of benzene rings is 1. The van der Waals surface area contributed by atoms with E-state index in [-0.39, 0.29) is 54.3 Å². The predicted octanol–water partition coefficient (Wildman–Crippen LogP) is 4.83. The Kier molecular flexibility index (Phi) is 8.29. The van der Waals surface area contributed by atoms with E-state index in [0.29, 0.717) is 5.39 Å². The van der Waals surface area contributed by atoms with Gasteiger partial charge in [0.25, 0.3) is 5.91 Å². The van der Waals surface area contributed by atoms with Crippen molar-refractivity contribution in [3.63, 3.8) is 0 Å². The number of aromatic nitrogens is 2. The van der Waals surface area contributed by atoms with E-state index in [1.807, 2.05) is 0 Å². The second-order valence-corrected chi connectivity index (χ2v) is 11.9. The number of carbonyl (C=O) groups excluding carboxylic acids is 2. The third-order valence-corrected chi connectivity index (χ3v) is 6.81. The van der Waals surface area contributed by atoms with Gasteiger partial charge in [0.1, 0.15) is 23.1 Å². The van der Waals surface area contributed by atoms with Crippen molar-refractivity contribution >= 4 is 50.4 Å². The van der Waals surface area contributed by atoms with Gasteiger partial charge in [-0.15, -0.1) is 0 Å². The molecule has 0 atom stereocenters. The Hall–Kier alpha value is -4.14. The summed E-state index contributed by atoms with van der Waals surface area (Å²) in [6.45, 7) is 4.86. The van der Waals surface area contributed by atoms with E-state index in [4.69, 9.17) is 4.74 Å². The highest BCUT2D eigenvalue weighted by Crippen LogP contribution is 2.32. The van der Waals surface area contributed by atoms with Gasteiger partial charge in [0.2, 0.25) is 5.92 Å². The van der Waals surface area contributed by atoms with Gasteiger partial charge in [0, 0.05) is 55.3 Å². The summed E-state index contributed by atoms with van der Waals surface area (Å²) in [6, 6.07) is 7.95. The lowest BCUT2D eigenvalue weighted by Crippen LogP contribution is -2.39. The largest absolute Gasteiger partial charge is 0.443 e. The fourth-order valence-corrected chi connectivity index (χ4v) is 4.85. The van der Waals surface area contributed by atoms with Crippen LogP contribution in [0.25, 0.3) is 10.9 Å². The molecule has 1 fully saturated rings. The minimum atomic E-state index is -4.42. The number of nitrogens with zero attached hydrogens (tertiary/aromatic N) is 3. The second kappa shape index (κ2) is 11.4. The lowest BCUT2D eigenvalue weighted by molar-refractivity contribution is -0.0102. The number of ether oxygens (including phenoxy) is 1. The van der Waals surface area contributed by atoms with Gasteiger partial charge in [-0.2, -0.15) is 8.42 Å². The van der Waals surface area contributed by atoms with Crippen LogP contribution in [-0.4, -0.2) is 55.0 Å². The van der Waals surface area contributed by atoms with Gasteiger partial charge in [-0.05, 0) is 51.5 Å². The Labute approximate surface area is 234 Å². The second-order valence-electron chi connectivity index (χ2n) is 10.5. The van der Waals surface area contributed by atoms with Gasteiger partial charge in [-0.1, -0.05) is 0 Å². The number of halogens is 3. The molecular weight excluding hydrogens is 565 g/mol. The molecule has 1 aromatic carbocycles. The number of hydrogen-bond acceptors (Lipinski definition) is 8. The highest BCUT2D eigenvalue weighted by atomic mass is 32.2. The molecule has 0 radical (unpaired) electrons. The van der Waals surface area contributed by atoms with Crippen LogP contribution in [0.1, 0.15) is 50.4 Å². The van der Waals surface area contributed by atoms with Gasteiger partial charge in [0.05, 0.1) is 11.1 Å². The van der Waals surface area contributed by atoms with Crippen molar-refractivity contribution in [1.82, 2.24) is 14.7 Å². The zero-order chi connectivity index (χ0) is 30.0. The number of alkyl halides is 2. The molecule has 0 bridgehead atoms. The SMILES string of the molecule is CC(C)(C)OC(=O)NS(=O)(=O)Nc1cc(NC(=O)c2cc3ccc(F)cc3nc2N2CCCC(F)(F)CC2)ccn1. The quantitative estimate of drug-likeness (QED) is 0.369. The number of pyridine rings is 2. The number of fused-ring (bicyclic) bond motifs is 1. The van der Waals surface area contributed by atoms with Crippen molar-refractivity contribution in [1.29, 1.82) is 0 Å². The molecule has 2 aromatic heterocycles. The molecule has 41 heavy (non-hydrogen) atoms. The fourth-order valence-electron chi connectivity index (χ4n) is 4.15. The van der Waals surface area contributed by atoms with Crippen molar-refractivity contribution in [3.8, 4) is 0 Å². The Morgan fingerprint density at radius 2 is 1.83 bits per heavy atom. The molecular formula is C26H29F3N6O5S. The van der Waals surface area contributed by atoms with Crippen LogP contribution in [-0.2, 0) is 14.9 Å². The van der Waals surface area contributed by atoms with Gasteiger partial charge in [-0.25, -0.2) is 37.4 Å². The van der Waals surface area contributed by atoms with Crippen LogP contribution in [0.15, 0.2) is 42.6 Å². The first-order valence-corrected chi connectivity index (χ1v) is 14.1. The Morgan fingerprint density at radius 3 is 2.56 bits per heavy atom.